The smallest absolute Gasteiger partial charge is 0.250 e. The first kappa shape index (κ1) is 84.4. The molecule has 21 heterocycles. The number of aromatic nitrogens is 19. The van der Waals surface area contributed by atoms with Crippen LogP contribution in [0.3, 0.4) is 0 Å². The van der Waals surface area contributed by atoms with Gasteiger partial charge >= 0.3 is 0 Å². The summed E-state index contributed by atoms with van der Waals surface area (Å²) >= 11 is 0. The molecule has 0 saturated carbocycles. The second kappa shape index (κ2) is 38.5. The number of nitriles is 1. The van der Waals surface area contributed by atoms with Crippen LogP contribution >= 0.6 is 0 Å². The van der Waals surface area contributed by atoms with E-state index in [0.29, 0.717) is 35.5 Å². The van der Waals surface area contributed by atoms with Crippen LogP contribution in [0.2, 0.25) is 0 Å². The summed E-state index contributed by atoms with van der Waals surface area (Å²) in [6.07, 6.45) is 53.4. The molecule has 5 fully saturated rings. The monoisotopic (exact) mass is 1670 g/mol. The van der Waals surface area contributed by atoms with E-state index in [1.165, 1.54) is 96.9 Å². The first-order valence-corrected chi connectivity index (χ1v) is 44.5. The minimum absolute atomic E-state index is 0.00545. The van der Waals surface area contributed by atoms with E-state index in [-0.39, 0.29) is 11.4 Å². The number of fused-ring (bicyclic) bond motifs is 6. The van der Waals surface area contributed by atoms with Crippen LogP contribution in [0.4, 0.5) is 11.6 Å². The van der Waals surface area contributed by atoms with Gasteiger partial charge in [-0.1, -0.05) is 0 Å². The predicted molar refractivity (Wildman–Crippen MR) is 492 cm³/mol. The molecule has 5 aliphatic rings. The molecule has 642 valence electrons. The topological polar surface area (TPSA) is 295 Å². The van der Waals surface area contributed by atoms with E-state index in [1.807, 2.05) is 89.2 Å². The van der Waals surface area contributed by atoms with Gasteiger partial charge in [0.05, 0.1) is 52.1 Å². The summed E-state index contributed by atoms with van der Waals surface area (Å²) in [5.74, 6) is 1.59. The molecular formula is C97H113N27O. The van der Waals surface area contributed by atoms with E-state index in [4.69, 9.17) is 41.6 Å². The number of rotatable bonds is 20. The summed E-state index contributed by atoms with van der Waals surface area (Å²) in [4.78, 5) is 68.8. The fourth-order valence-corrected chi connectivity index (χ4v) is 18.2. The fraction of sp³-hybridized carbons (Fsp3) is 0.381. The van der Waals surface area contributed by atoms with Gasteiger partial charge in [0.15, 0.2) is 5.65 Å². The molecule has 125 heavy (non-hydrogen) atoms. The van der Waals surface area contributed by atoms with Crippen molar-refractivity contribution in [1.29, 1.82) is 5.26 Å². The number of hydrogen-bond donors (Lipinski definition) is 2. The summed E-state index contributed by atoms with van der Waals surface area (Å²) in [6.45, 7) is 25.1. The van der Waals surface area contributed by atoms with Crippen molar-refractivity contribution in [1.82, 2.24) is 116 Å². The number of imidazole rings is 5. The highest BCUT2D eigenvalue weighted by Gasteiger charge is 2.26. The van der Waals surface area contributed by atoms with E-state index < -0.39 is 0 Å². The molecular weight excluding hydrogens is 1560 g/mol. The lowest BCUT2D eigenvalue weighted by Crippen LogP contribution is -2.29. The zero-order chi connectivity index (χ0) is 86.0. The summed E-state index contributed by atoms with van der Waals surface area (Å²) in [5.41, 5.74) is 33.4. The minimum atomic E-state index is 0.00545. The van der Waals surface area contributed by atoms with Crippen molar-refractivity contribution in [3.05, 3.63) is 253 Å². The first-order valence-electron chi connectivity index (χ1n) is 44.5. The van der Waals surface area contributed by atoms with Crippen molar-refractivity contribution >= 4 is 45.5 Å². The Morgan fingerprint density at radius 1 is 0.376 bits per heavy atom. The quantitative estimate of drug-likeness (QED) is 0.0716. The van der Waals surface area contributed by atoms with Crippen LogP contribution in [0.15, 0.2) is 207 Å². The Hall–Kier alpha value is -12.8. The van der Waals surface area contributed by atoms with Crippen LogP contribution in [-0.4, -0.2) is 211 Å². The van der Waals surface area contributed by atoms with Crippen molar-refractivity contribution in [3.8, 4) is 61.8 Å². The number of pyridine rings is 8. The average molecular weight is 1670 g/mol. The molecule has 16 aromatic heterocycles. The average Bonchev–Trinajstić information content (AvgIpc) is 1.68. The minimum Gasteiger partial charge on any atom is -0.383 e. The van der Waals surface area contributed by atoms with Gasteiger partial charge in [-0.15, -0.1) is 10.2 Å². The lowest BCUT2D eigenvalue weighted by atomic mass is 10.1. The number of nitrogens with two attached hydrogens (primary N) is 2. The number of likely N-dealkylation sites (tertiary alicyclic amines) is 5. The van der Waals surface area contributed by atoms with Gasteiger partial charge in [-0.2, -0.15) is 5.26 Å². The third-order valence-corrected chi connectivity index (χ3v) is 25.8. The van der Waals surface area contributed by atoms with Crippen molar-refractivity contribution in [3.63, 3.8) is 0 Å². The molecule has 28 heteroatoms. The molecule has 4 N–H and O–H groups in total. The van der Waals surface area contributed by atoms with Gasteiger partial charge in [-0.25, -0.2) is 44.9 Å². The maximum atomic E-state index is 11.6. The maximum Gasteiger partial charge on any atom is 0.250 e. The number of anilines is 2. The number of aryl methyl sites for hydroxylation is 2. The standard InChI is InChI=1S/C21H24N6.C20H22N6.C20H24N4O.C18H22N6.C18H21N5/c1-15-4-3-10-25(15)11-9-19-14-26-12-17(5-7-20(26)22-19)18-6-8-21-24-23-16(2)27(21)13-18;1-14-3-2-7-25(14)8-6-18-13-26-12-15(4-5-19(26)24-18)17-9-16(10-21)20(22)23-11-17;1-15-4-3-10-23(15)11-9-18-14-24-13-17(5-7-19(24)21-18)16-6-8-20(25)22(2)12-16;1-13-3-2-7-23(13)8-6-15-12-24-11-14(4-5-18(24)22-15)16-9-21-17(19)10-20-16;1-14-3-2-7-22(14)8-6-17-12-23-11-15(4-5-18(23)21-17)16-9-19-13-20-10-16/h5-8,12-15H,3-4,9-11H2,1-2H3;4-5,9,11-14H,2-3,6-8H2,1H3,(H2,22,23);5-8,12-15H,3-4,9-11H2,1-2H3;4-5,9-13H,2-3,6-8H2,1H3,(H2,19,21);4-5,9-14H,2-3,6-8H2,1H3/t15-;14-;15-;13-;14-/m11111/s1. The molecule has 21 rings (SSSR count). The predicted octanol–water partition coefficient (Wildman–Crippen LogP) is 14.2. The molecule has 0 amide bonds. The molecule has 0 unspecified atom stereocenters. The third-order valence-electron chi connectivity index (χ3n) is 25.8. The molecule has 5 atom stereocenters. The molecule has 5 saturated heterocycles. The van der Waals surface area contributed by atoms with E-state index in [9.17, 15) is 4.79 Å². The Morgan fingerprint density at radius 3 is 1.10 bits per heavy atom. The zero-order valence-electron chi connectivity index (χ0n) is 72.9. The summed E-state index contributed by atoms with van der Waals surface area (Å²) in [5, 5.41) is 17.4. The highest BCUT2D eigenvalue weighted by molar-refractivity contribution is 5.70. The summed E-state index contributed by atoms with van der Waals surface area (Å²) in [7, 11) is 1.78. The van der Waals surface area contributed by atoms with Crippen LogP contribution in [-0.2, 0) is 39.2 Å². The van der Waals surface area contributed by atoms with Gasteiger partial charge in [-0.05, 0) is 246 Å². The Balaban J connectivity index is 0.000000111. The van der Waals surface area contributed by atoms with Gasteiger partial charge in [0.25, 0.3) is 0 Å². The van der Waals surface area contributed by atoms with Gasteiger partial charge in [0, 0.05) is 229 Å². The Bertz CT molecular complexity index is 6490. The van der Waals surface area contributed by atoms with Crippen LogP contribution < -0.4 is 17.0 Å². The largest absolute Gasteiger partial charge is 0.383 e. The highest BCUT2D eigenvalue weighted by Crippen LogP contribution is 2.29. The molecule has 0 spiro atoms. The van der Waals surface area contributed by atoms with Gasteiger partial charge < -0.3 is 62.5 Å². The Morgan fingerprint density at radius 2 is 0.728 bits per heavy atom. The van der Waals surface area contributed by atoms with Crippen molar-refractivity contribution in [2.24, 2.45) is 7.05 Å². The van der Waals surface area contributed by atoms with E-state index in [1.54, 1.807) is 48.7 Å². The SMILES string of the molecule is C[C@@H]1CCCN1CCc1cn2cc(-c3ccc(=O)n(C)c3)ccc2n1.C[C@@H]1CCCN1CCc1cn2cc(-c3cnc(N)c(C#N)c3)ccc2n1.C[C@@H]1CCCN1CCc1cn2cc(-c3cnc(N)cn3)ccc2n1.C[C@@H]1CCCN1CCc1cn2cc(-c3cncnc3)ccc2n1.Cc1nnc2ccc(-c3ccc4nc(CCN5CCC[C@H]5C)cn4c3)cn12. The maximum absolute atomic E-state index is 11.6. The molecule has 0 radical (unpaired) electrons. The van der Waals surface area contributed by atoms with Gasteiger partial charge in [0.2, 0.25) is 5.56 Å². The molecule has 0 bridgehead atoms. The summed E-state index contributed by atoms with van der Waals surface area (Å²) < 4.78 is 14.1. The second-order valence-corrected chi connectivity index (χ2v) is 34.4. The fourth-order valence-electron chi connectivity index (χ4n) is 18.2. The molecule has 16 aromatic rings. The Labute approximate surface area is 729 Å². The summed E-state index contributed by atoms with van der Waals surface area (Å²) in [6, 6.07) is 35.5. The van der Waals surface area contributed by atoms with Crippen LogP contribution in [0.5, 0.6) is 0 Å². The van der Waals surface area contributed by atoms with Crippen LogP contribution in [0.1, 0.15) is 139 Å². The van der Waals surface area contributed by atoms with Crippen molar-refractivity contribution < 1.29 is 0 Å². The zero-order valence-corrected chi connectivity index (χ0v) is 72.9. The second-order valence-electron chi connectivity index (χ2n) is 34.4. The number of nitrogens with zero attached hydrogens (tertiary/aromatic N) is 25. The van der Waals surface area contributed by atoms with Crippen molar-refractivity contribution in [2.75, 3.05) is 76.9 Å². The van der Waals surface area contributed by atoms with Crippen LogP contribution in [0, 0.1) is 18.3 Å². The van der Waals surface area contributed by atoms with Gasteiger partial charge in [0.1, 0.15) is 58.1 Å². The van der Waals surface area contributed by atoms with E-state index in [0.717, 1.165) is 195 Å². The first-order chi connectivity index (χ1) is 60.9. The molecule has 0 aromatic carbocycles. The van der Waals surface area contributed by atoms with E-state index in [2.05, 4.69) is 210 Å². The van der Waals surface area contributed by atoms with Crippen molar-refractivity contribution in [2.45, 2.75) is 168 Å². The van der Waals surface area contributed by atoms with Crippen LogP contribution in [0.25, 0.3) is 89.6 Å². The van der Waals surface area contributed by atoms with Gasteiger partial charge in [-0.3, -0.25) is 14.2 Å². The molecule has 5 aliphatic heterocycles. The number of nitrogen functional groups attached to an aromatic ring is 2. The number of hydrogen-bond acceptors (Lipinski definition) is 21. The third kappa shape index (κ3) is 20.4. The molecule has 0 aliphatic carbocycles. The Kier molecular flexibility index (Phi) is 26.0. The molecule has 28 nitrogen and oxygen atoms in total. The lowest BCUT2D eigenvalue weighted by molar-refractivity contribution is 0.271. The lowest BCUT2D eigenvalue weighted by Gasteiger charge is -2.19. The normalized spacial score (nSPS) is 18.2. The van der Waals surface area contributed by atoms with E-state index >= 15 is 0 Å². The highest BCUT2D eigenvalue weighted by atomic mass is 16.1.